The molecular formula is C33H57N7O7S2. The average Bonchev–Trinajstić information content (AvgIpc) is 3.64. The monoisotopic (exact) mass is 727 g/mol. The average molecular weight is 728 g/mol. The highest BCUT2D eigenvalue weighted by molar-refractivity contribution is 8.01. The summed E-state index contributed by atoms with van der Waals surface area (Å²) in [7, 11) is -3.69. The number of Topliss-reactive ketones (excluding diaryl/α,β-unsaturated/α-hetero) is 1. The van der Waals surface area contributed by atoms with E-state index in [9.17, 15) is 32.4 Å². The van der Waals surface area contributed by atoms with Crippen molar-refractivity contribution >= 4 is 51.5 Å². The van der Waals surface area contributed by atoms with Gasteiger partial charge in [0, 0.05) is 50.1 Å². The predicted molar refractivity (Wildman–Crippen MR) is 191 cm³/mol. The lowest BCUT2D eigenvalue weighted by molar-refractivity contribution is -0.143. The first-order valence-corrected chi connectivity index (χ1v) is 19.5. The lowest BCUT2D eigenvalue weighted by Crippen LogP contribution is -2.62. The lowest BCUT2D eigenvalue weighted by atomic mass is 9.85. The van der Waals surface area contributed by atoms with E-state index in [0.717, 1.165) is 12.8 Å². The third kappa shape index (κ3) is 10.4. The maximum Gasteiger partial charge on any atom is 0.315 e. The molecule has 0 radical (unpaired) electrons. The Morgan fingerprint density at radius 1 is 0.918 bits per heavy atom. The number of thioether (sulfide) groups is 1. The fourth-order valence-corrected chi connectivity index (χ4v) is 8.92. The minimum absolute atomic E-state index is 0.0624. The molecule has 2 heterocycles. The number of urea groups is 1. The number of nitrogens with one attached hydrogen (secondary N) is 4. The molecule has 0 bridgehead atoms. The second kappa shape index (κ2) is 16.1. The molecule has 0 aromatic rings. The lowest BCUT2D eigenvalue weighted by Gasteiger charge is -2.38. The molecule has 49 heavy (non-hydrogen) atoms. The van der Waals surface area contributed by atoms with Gasteiger partial charge in [0.05, 0.1) is 0 Å². The molecule has 3 rings (SSSR count). The van der Waals surface area contributed by atoms with Crippen LogP contribution in [0.3, 0.4) is 0 Å². The first kappa shape index (κ1) is 40.7. The normalized spacial score (nSPS) is 23.4. The summed E-state index contributed by atoms with van der Waals surface area (Å²) in [5.74, 6) is -2.81. The zero-order chi connectivity index (χ0) is 37.1. The molecular weight excluding hydrogens is 671 g/mol. The van der Waals surface area contributed by atoms with Crippen molar-refractivity contribution in [2.75, 3.05) is 32.7 Å². The van der Waals surface area contributed by atoms with E-state index in [0.29, 0.717) is 19.5 Å². The van der Waals surface area contributed by atoms with E-state index in [1.54, 1.807) is 0 Å². The Labute approximate surface area is 296 Å². The first-order chi connectivity index (χ1) is 22.6. The van der Waals surface area contributed by atoms with Gasteiger partial charge in [-0.1, -0.05) is 54.5 Å². The summed E-state index contributed by atoms with van der Waals surface area (Å²) in [6, 6.07) is -3.36. The summed E-state index contributed by atoms with van der Waals surface area (Å²) >= 11 is 1.24. The van der Waals surface area contributed by atoms with Crippen molar-refractivity contribution in [1.29, 1.82) is 0 Å². The van der Waals surface area contributed by atoms with Gasteiger partial charge in [-0.25, -0.2) is 4.79 Å². The van der Waals surface area contributed by atoms with E-state index in [-0.39, 0.29) is 36.8 Å². The van der Waals surface area contributed by atoms with E-state index < -0.39 is 74.1 Å². The van der Waals surface area contributed by atoms with Crippen LogP contribution in [0.4, 0.5) is 4.79 Å². The number of hydrogen-bond acceptors (Lipinski definition) is 8. The van der Waals surface area contributed by atoms with Gasteiger partial charge in [0.1, 0.15) is 17.5 Å². The number of carbonyl (C=O) groups is 5. The molecule has 2 saturated heterocycles. The second-order valence-electron chi connectivity index (χ2n) is 15.7. The maximum absolute atomic E-state index is 14.2. The molecule has 5 amide bonds. The summed E-state index contributed by atoms with van der Waals surface area (Å²) < 4.78 is 29.2. The molecule has 14 nitrogen and oxygen atoms in total. The smallest absolute Gasteiger partial charge is 0.315 e. The van der Waals surface area contributed by atoms with E-state index in [1.165, 1.54) is 31.3 Å². The molecule has 1 unspecified atom stereocenters. The Kier molecular flexibility index (Phi) is 13.4. The summed E-state index contributed by atoms with van der Waals surface area (Å²) in [5, 5.41) is 10.1. The second-order valence-corrected chi connectivity index (χ2v) is 19.0. The predicted octanol–water partition coefficient (Wildman–Crippen LogP) is 1.83. The van der Waals surface area contributed by atoms with E-state index in [4.69, 9.17) is 0 Å². The summed E-state index contributed by atoms with van der Waals surface area (Å²) in [6.45, 7) is 21.3. The standard InChI is InChI=1S/C33H57N7O7S2/c1-11-15-34-28(43)25(41)29(48-22-12-13-22)37-27(42)24-21(4)14-16-39(24)30(44)26(33(8,9)10)36-31(45)35-23(32(5,6)7)19-38-17-18-40(20(2)3)49(38,46)47/h11,20-24,26,29H,1,12-19H2,2-10H3,(H,34,43)(H,37,42)(H2,35,36,45)/t21-,23+,24-,26+,29?/m0/s1. The molecule has 278 valence electrons. The van der Waals surface area contributed by atoms with Gasteiger partial charge in [-0.3, -0.25) is 19.2 Å². The van der Waals surface area contributed by atoms with Gasteiger partial charge >= 0.3 is 6.03 Å². The molecule has 0 aromatic carbocycles. The fraction of sp³-hybridized carbons (Fsp3) is 0.788. The van der Waals surface area contributed by atoms with Crippen LogP contribution in [0.5, 0.6) is 0 Å². The van der Waals surface area contributed by atoms with Crippen LogP contribution < -0.4 is 21.3 Å². The van der Waals surface area contributed by atoms with Crippen molar-refractivity contribution in [2.45, 2.75) is 116 Å². The third-order valence-corrected chi connectivity index (χ3v) is 12.8. The van der Waals surface area contributed by atoms with Crippen LogP contribution in [0.2, 0.25) is 0 Å². The molecule has 1 saturated carbocycles. The largest absolute Gasteiger partial charge is 0.346 e. The van der Waals surface area contributed by atoms with Gasteiger partial charge in [0.15, 0.2) is 0 Å². The van der Waals surface area contributed by atoms with Gasteiger partial charge in [-0.05, 0) is 49.9 Å². The molecule has 0 aromatic heterocycles. The Morgan fingerprint density at radius 3 is 2.06 bits per heavy atom. The van der Waals surface area contributed by atoms with E-state index in [2.05, 4.69) is 27.8 Å². The summed E-state index contributed by atoms with van der Waals surface area (Å²) in [6.07, 6.45) is 3.75. The number of hydrogen-bond donors (Lipinski definition) is 4. The Bertz CT molecular complexity index is 1370. The Balaban J connectivity index is 1.77. The van der Waals surface area contributed by atoms with E-state index in [1.807, 2.05) is 62.3 Å². The topological polar surface area (TPSA) is 177 Å². The Morgan fingerprint density at radius 2 is 1.55 bits per heavy atom. The highest BCUT2D eigenvalue weighted by Crippen LogP contribution is 2.37. The molecule has 1 aliphatic carbocycles. The SMILES string of the molecule is C=CCNC(=O)C(=O)C(NC(=O)[C@@H]1[C@@H](C)CCN1C(=O)[C@@H](NC(=O)N[C@H](CN1CCN(C(C)C)S1(=O)=O)C(C)(C)C)C(C)(C)C)SC1CC1. The van der Waals surface area contributed by atoms with Gasteiger partial charge in [0.2, 0.25) is 11.8 Å². The van der Waals surface area contributed by atoms with Crippen LogP contribution >= 0.6 is 11.8 Å². The van der Waals surface area contributed by atoms with Crippen molar-refractivity contribution < 1.29 is 32.4 Å². The number of nitrogens with zero attached hydrogens (tertiary/aromatic N) is 3. The van der Waals surface area contributed by atoms with Gasteiger partial charge in [0.25, 0.3) is 21.9 Å². The fourth-order valence-electron chi connectivity index (χ4n) is 5.92. The van der Waals surface area contributed by atoms with Crippen molar-refractivity contribution in [2.24, 2.45) is 16.7 Å². The molecule has 4 N–H and O–H groups in total. The number of carbonyl (C=O) groups excluding carboxylic acids is 5. The minimum Gasteiger partial charge on any atom is -0.346 e. The van der Waals surface area contributed by atoms with Crippen molar-refractivity contribution in [3.63, 3.8) is 0 Å². The summed E-state index contributed by atoms with van der Waals surface area (Å²) in [4.78, 5) is 68.6. The zero-order valence-corrected chi connectivity index (χ0v) is 32.1. The quantitative estimate of drug-likeness (QED) is 0.119. The minimum atomic E-state index is -3.69. The molecule has 2 aliphatic heterocycles. The number of amides is 5. The van der Waals surface area contributed by atoms with E-state index >= 15 is 0 Å². The van der Waals surface area contributed by atoms with Crippen molar-refractivity contribution in [3.8, 4) is 0 Å². The maximum atomic E-state index is 14.2. The van der Waals surface area contributed by atoms with Crippen LogP contribution in [0.25, 0.3) is 0 Å². The molecule has 3 aliphatic rings. The van der Waals surface area contributed by atoms with Crippen LogP contribution in [-0.4, -0.2) is 119 Å². The molecule has 16 heteroatoms. The van der Waals surface area contributed by atoms with Crippen LogP contribution in [0.15, 0.2) is 12.7 Å². The molecule has 5 atom stereocenters. The van der Waals surface area contributed by atoms with Gasteiger partial charge in [-0.15, -0.1) is 18.3 Å². The van der Waals surface area contributed by atoms with Crippen LogP contribution in [0.1, 0.15) is 81.6 Å². The molecule has 3 fully saturated rings. The van der Waals surface area contributed by atoms with Crippen LogP contribution in [-0.2, 0) is 29.4 Å². The number of likely N-dealkylation sites (tertiary alicyclic amines) is 1. The highest BCUT2D eigenvalue weighted by atomic mass is 32.2. The number of rotatable bonds is 14. The van der Waals surface area contributed by atoms with Crippen molar-refractivity contribution in [3.05, 3.63) is 12.7 Å². The highest BCUT2D eigenvalue weighted by Gasteiger charge is 2.47. The zero-order valence-electron chi connectivity index (χ0n) is 30.5. The van der Waals surface area contributed by atoms with Gasteiger partial charge in [-0.2, -0.15) is 17.0 Å². The summed E-state index contributed by atoms with van der Waals surface area (Å²) in [5.41, 5.74) is -1.29. The number of ketones is 1. The third-order valence-electron chi connectivity index (χ3n) is 9.14. The van der Waals surface area contributed by atoms with Crippen molar-refractivity contribution in [1.82, 2.24) is 34.8 Å². The first-order valence-electron chi connectivity index (χ1n) is 17.1. The van der Waals surface area contributed by atoms with Gasteiger partial charge < -0.3 is 26.2 Å². The van der Waals surface area contributed by atoms with Crippen LogP contribution in [0, 0.1) is 16.7 Å². The Hall–Kier alpha value is -2.69. The molecule has 0 spiro atoms.